The van der Waals surface area contributed by atoms with Gasteiger partial charge in [-0.1, -0.05) is 194 Å². The smallest absolute Gasteiger partial charge is 0.218 e. The third-order valence-corrected chi connectivity index (χ3v) is 9.38. The van der Waals surface area contributed by atoms with Gasteiger partial charge >= 0.3 is 0 Å². The van der Waals surface area contributed by atoms with Crippen molar-refractivity contribution in [1.29, 1.82) is 0 Å². The van der Waals surface area contributed by atoms with Crippen molar-refractivity contribution in [3.63, 3.8) is 0 Å². The predicted octanol–water partition coefficient (Wildman–Crippen LogP) is 11.7. The lowest BCUT2D eigenvalue weighted by atomic mass is 9.87. The van der Waals surface area contributed by atoms with Crippen LogP contribution in [0.3, 0.4) is 0 Å². The summed E-state index contributed by atoms with van der Waals surface area (Å²) in [6, 6.07) is 0. The topological polar surface area (TPSA) is 123 Å². The van der Waals surface area contributed by atoms with E-state index in [1.54, 1.807) is 0 Å². The van der Waals surface area contributed by atoms with Crippen LogP contribution in [0.4, 0.5) is 0 Å². The van der Waals surface area contributed by atoms with Crippen molar-refractivity contribution in [1.82, 2.24) is 6.15 Å². The fraction of sp³-hybridized carbons (Fsp3) is 1.00. The van der Waals surface area contributed by atoms with Crippen LogP contribution in [0.15, 0.2) is 0 Å². The third-order valence-electron chi connectivity index (χ3n) is 8.82. The first-order chi connectivity index (χ1) is 19.9. The van der Waals surface area contributed by atoms with Gasteiger partial charge in [-0.3, -0.25) is 4.18 Å². The maximum Gasteiger partial charge on any atom is 0.218 e. The molecule has 0 spiro atoms. The molecule has 0 fully saturated rings. The quantitative estimate of drug-likeness (QED) is 0.0420. The average molecular weight is 622 g/mol. The van der Waals surface area contributed by atoms with Gasteiger partial charge < -0.3 is 15.8 Å². The predicted molar refractivity (Wildman–Crippen MR) is 181 cm³/mol. The van der Waals surface area contributed by atoms with E-state index in [9.17, 15) is 18.1 Å². The van der Waals surface area contributed by atoms with E-state index in [2.05, 4.69) is 13.8 Å². The summed E-state index contributed by atoms with van der Waals surface area (Å²) < 4.78 is 39.8. The molecule has 0 aliphatic carbocycles. The van der Waals surface area contributed by atoms with Crippen LogP contribution in [0.5, 0.6) is 0 Å². The van der Waals surface area contributed by atoms with Crippen molar-refractivity contribution < 1.29 is 22.3 Å². The highest BCUT2D eigenvalue weighted by atomic mass is 32.3. The molecule has 0 aromatic carbocycles. The van der Waals surface area contributed by atoms with Gasteiger partial charge in [0.05, 0.1) is 5.60 Å². The largest absolute Gasteiger partial charge is 0.726 e. The van der Waals surface area contributed by atoms with E-state index in [0.29, 0.717) is 12.8 Å². The standard InChI is InChI=1S/C35H72O5S.H3N/c1-3-5-7-9-11-13-15-17-19-21-23-25-27-29-31-35(33-34-36,40-41(37,38)39)32-30-28-26-24-22-20-18-16-14-12-10-8-6-4-2;/h36H,3-34H2,1-2H3,(H,37,38,39);1H3. The minimum atomic E-state index is -4.80. The van der Waals surface area contributed by atoms with E-state index in [4.69, 9.17) is 4.18 Å². The molecule has 0 saturated carbocycles. The van der Waals surface area contributed by atoms with Gasteiger partial charge in [0.15, 0.2) is 0 Å². The Morgan fingerprint density at radius 3 is 0.929 bits per heavy atom. The minimum Gasteiger partial charge on any atom is -0.726 e. The van der Waals surface area contributed by atoms with Crippen molar-refractivity contribution in [3.05, 3.63) is 0 Å². The molecule has 0 aliphatic heterocycles. The van der Waals surface area contributed by atoms with Crippen molar-refractivity contribution in [2.75, 3.05) is 6.61 Å². The number of hydrogen-bond acceptors (Lipinski definition) is 5. The number of aliphatic hydroxyl groups is 1. The molecular weight excluding hydrogens is 546 g/mol. The van der Waals surface area contributed by atoms with E-state index in [-0.39, 0.29) is 19.2 Å². The highest BCUT2D eigenvalue weighted by molar-refractivity contribution is 7.80. The number of aliphatic hydroxyl groups excluding tert-OH is 1. The van der Waals surface area contributed by atoms with Crippen LogP contribution in [-0.4, -0.2) is 30.3 Å². The van der Waals surface area contributed by atoms with Gasteiger partial charge in [-0.05, 0) is 12.8 Å². The Bertz CT molecular complexity index is 597. The summed E-state index contributed by atoms with van der Waals surface area (Å²) in [7, 11) is -4.80. The molecule has 42 heavy (non-hydrogen) atoms. The zero-order valence-corrected chi connectivity index (χ0v) is 29.4. The molecule has 0 radical (unpaired) electrons. The second-order valence-corrected chi connectivity index (χ2v) is 13.8. The molecule has 256 valence electrons. The molecule has 0 amide bonds. The van der Waals surface area contributed by atoms with Crippen LogP contribution < -0.4 is 6.15 Å². The molecule has 0 unspecified atom stereocenters. The summed E-state index contributed by atoms with van der Waals surface area (Å²) in [5, 5.41) is 9.65. The maximum absolute atomic E-state index is 11.6. The molecular formula is C35H75NO5S. The Morgan fingerprint density at radius 2 is 0.714 bits per heavy atom. The second kappa shape index (κ2) is 32.2. The van der Waals surface area contributed by atoms with E-state index in [1.165, 1.54) is 141 Å². The molecule has 5 N–H and O–H groups in total. The lowest BCUT2D eigenvalue weighted by Gasteiger charge is -2.34. The van der Waals surface area contributed by atoms with Crippen LogP contribution in [-0.2, 0) is 14.6 Å². The number of unbranched alkanes of at least 4 members (excludes halogenated alkanes) is 26. The number of quaternary nitrogens is 1. The fourth-order valence-corrected chi connectivity index (χ4v) is 6.89. The summed E-state index contributed by atoms with van der Waals surface area (Å²) in [6.45, 7) is 4.36. The summed E-state index contributed by atoms with van der Waals surface area (Å²) in [6.07, 6.45) is 36.7. The lowest BCUT2D eigenvalue weighted by molar-refractivity contribution is 0.0155. The van der Waals surface area contributed by atoms with Crippen LogP contribution in [0, 0.1) is 0 Å². The Kier molecular flexibility index (Phi) is 33.7. The first kappa shape index (κ1) is 43.9. The summed E-state index contributed by atoms with van der Waals surface area (Å²) in [5.74, 6) is 0. The Labute approximate surface area is 263 Å². The zero-order chi connectivity index (χ0) is 30.3. The average Bonchev–Trinajstić information content (AvgIpc) is 2.92. The van der Waals surface area contributed by atoms with Crippen LogP contribution in [0.2, 0.25) is 0 Å². The lowest BCUT2D eigenvalue weighted by Crippen LogP contribution is -2.36. The molecule has 0 saturated heterocycles. The number of hydrogen-bond donors (Lipinski definition) is 2. The Balaban J connectivity index is 0. The Hall–Kier alpha value is -0.210. The van der Waals surface area contributed by atoms with Crippen LogP contribution in [0.1, 0.15) is 213 Å². The molecule has 0 aromatic heterocycles. The van der Waals surface area contributed by atoms with Gasteiger partial charge in [0.1, 0.15) is 0 Å². The van der Waals surface area contributed by atoms with Gasteiger partial charge in [-0.25, -0.2) is 8.42 Å². The van der Waals surface area contributed by atoms with Crippen LogP contribution >= 0.6 is 0 Å². The Morgan fingerprint density at radius 1 is 0.476 bits per heavy atom. The maximum atomic E-state index is 11.6. The van der Waals surface area contributed by atoms with Gasteiger partial charge in [-0.15, -0.1) is 0 Å². The van der Waals surface area contributed by atoms with E-state index < -0.39 is 16.0 Å². The van der Waals surface area contributed by atoms with Gasteiger partial charge in [-0.2, -0.15) is 0 Å². The molecule has 0 atom stereocenters. The van der Waals surface area contributed by atoms with E-state index in [0.717, 1.165) is 38.5 Å². The molecule has 0 rings (SSSR count). The van der Waals surface area contributed by atoms with E-state index >= 15 is 0 Å². The molecule has 0 aromatic rings. The first-order valence-electron chi connectivity index (χ1n) is 18.2. The normalized spacial score (nSPS) is 12.1. The number of rotatable bonds is 34. The van der Waals surface area contributed by atoms with Crippen molar-refractivity contribution in [2.24, 2.45) is 0 Å². The third kappa shape index (κ3) is 31.2. The van der Waals surface area contributed by atoms with Crippen molar-refractivity contribution in [3.8, 4) is 0 Å². The van der Waals surface area contributed by atoms with Crippen LogP contribution in [0.25, 0.3) is 0 Å². The molecule has 0 heterocycles. The fourth-order valence-electron chi connectivity index (χ4n) is 6.20. The monoisotopic (exact) mass is 622 g/mol. The van der Waals surface area contributed by atoms with Gasteiger partial charge in [0, 0.05) is 13.0 Å². The summed E-state index contributed by atoms with van der Waals surface area (Å²) >= 11 is 0. The molecule has 0 aliphatic rings. The summed E-state index contributed by atoms with van der Waals surface area (Å²) in [4.78, 5) is 0. The van der Waals surface area contributed by atoms with Crippen molar-refractivity contribution >= 4 is 10.4 Å². The molecule has 7 heteroatoms. The minimum absolute atomic E-state index is 0. The molecule has 0 bridgehead atoms. The highest BCUT2D eigenvalue weighted by Crippen LogP contribution is 2.32. The van der Waals surface area contributed by atoms with Gasteiger partial charge in [0.2, 0.25) is 10.4 Å². The molecule has 6 nitrogen and oxygen atoms in total. The van der Waals surface area contributed by atoms with Crippen molar-refractivity contribution in [2.45, 2.75) is 218 Å². The summed E-state index contributed by atoms with van der Waals surface area (Å²) in [5.41, 5.74) is -1.04. The van der Waals surface area contributed by atoms with Gasteiger partial charge in [0.25, 0.3) is 0 Å². The SMILES string of the molecule is CCCCCCCCCCCCCCCCC(CCO)(CCCCCCCCCCCCCCCC)OS(=O)(=O)[O-].[NH4+]. The zero-order valence-electron chi connectivity index (χ0n) is 28.6. The first-order valence-corrected chi connectivity index (χ1v) is 19.5. The van der Waals surface area contributed by atoms with E-state index in [1.807, 2.05) is 0 Å². The second-order valence-electron chi connectivity index (χ2n) is 12.8. The highest BCUT2D eigenvalue weighted by Gasteiger charge is 2.32.